The van der Waals surface area contributed by atoms with Crippen molar-refractivity contribution < 1.29 is 5.11 Å². The lowest BCUT2D eigenvalue weighted by atomic mass is 10.0. The highest BCUT2D eigenvalue weighted by Gasteiger charge is 2.16. The topological polar surface area (TPSA) is 38.1 Å². The Bertz CT molecular complexity index is 517. The van der Waals surface area contributed by atoms with Crippen LogP contribution in [0.1, 0.15) is 29.3 Å². The molecule has 1 unspecified atom stereocenters. The standard InChI is InChI=1S/C14H17ClN2O/c1-10-4-3-5-11(8-10)6-7-13(18)14-12(15)9-16-17(14)2/h3-5,8-9,13,18H,6-7H2,1-2H3. The second-order valence-corrected chi connectivity index (χ2v) is 4.95. The van der Waals surface area contributed by atoms with E-state index in [-0.39, 0.29) is 0 Å². The van der Waals surface area contributed by atoms with Crippen LogP contribution in [0, 0.1) is 6.92 Å². The summed E-state index contributed by atoms with van der Waals surface area (Å²) in [7, 11) is 1.79. The smallest absolute Gasteiger partial charge is 0.0974 e. The molecule has 0 bridgehead atoms. The maximum absolute atomic E-state index is 10.2. The van der Waals surface area contributed by atoms with Crippen LogP contribution in [-0.2, 0) is 13.5 Å². The second-order valence-electron chi connectivity index (χ2n) is 4.54. The summed E-state index contributed by atoms with van der Waals surface area (Å²) in [6.45, 7) is 2.07. The lowest BCUT2D eigenvalue weighted by molar-refractivity contribution is 0.158. The van der Waals surface area contributed by atoms with Gasteiger partial charge in [0.15, 0.2) is 0 Å². The largest absolute Gasteiger partial charge is 0.387 e. The van der Waals surface area contributed by atoms with Crippen LogP contribution in [-0.4, -0.2) is 14.9 Å². The van der Waals surface area contributed by atoms with Gasteiger partial charge in [-0.2, -0.15) is 5.10 Å². The van der Waals surface area contributed by atoms with Crippen molar-refractivity contribution in [2.24, 2.45) is 7.05 Å². The predicted molar refractivity (Wildman–Crippen MR) is 72.7 cm³/mol. The molecular formula is C14H17ClN2O. The van der Waals surface area contributed by atoms with Gasteiger partial charge in [0.1, 0.15) is 0 Å². The molecule has 0 aliphatic rings. The van der Waals surface area contributed by atoms with Crippen molar-refractivity contribution in [1.29, 1.82) is 0 Å². The molecule has 2 aromatic rings. The summed E-state index contributed by atoms with van der Waals surface area (Å²) >= 11 is 6.00. The first-order chi connectivity index (χ1) is 8.58. The van der Waals surface area contributed by atoms with Crippen LogP contribution < -0.4 is 0 Å². The highest BCUT2D eigenvalue weighted by Crippen LogP contribution is 2.25. The van der Waals surface area contributed by atoms with E-state index in [2.05, 4.69) is 30.2 Å². The summed E-state index contributed by atoms with van der Waals surface area (Å²) in [4.78, 5) is 0. The highest BCUT2D eigenvalue weighted by molar-refractivity contribution is 6.31. The minimum atomic E-state index is -0.578. The summed E-state index contributed by atoms with van der Waals surface area (Å²) in [5.74, 6) is 0. The number of rotatable bonds is 4. The van der Waals surface area contributed by atoms with Gasteiger partial charge in [-0.05, 0) is 25.3 Å². The number of aryl methyl sites for hydroxylation is 3. The maximum Gasteiger partial charge on any atom is 0.0974 e. The van der Waals surface area contributed by atoms with Crippen LogP contribution in [0.5, 0.6) is 0 Å². The number of aromatic nitrogens is 2. The number of halogens is 1. The van der Waals surface area contributed by atoms with Crippen LogP contribution in [0.3, 0.4) is 0 Å². The summed E-state index contributed by atoms with van der Waals surface area (Å²) in [6, 6.07) is 8.31. The molecule has 1 N–H and O–H groups in total. The lowest BCUT2D eigenvalue weighted by Crippen LogP contribution is -2.07. The number of hydrogen-bond donors (Lipinski definition) is 1. The molecule has 0 aliphatic carbocycles. The van der Waals surface area contributed by atoms with Gasteiger partial charge in [0, 0.05) is 7.05 Å². The van der Waals surface area contributed by atoms with Gasteiger partial charge in [-0.1, -0.05) is 41.4 Å². The third-order valence-electron chi connectivity index (χ3n) is 3.04. The van der Waals surface area contributed by atoms with Gasteiger partial charge in [0.25, 0.3) is 0 Å². The molecule has 0 amide bonds. The van der Waals surface area contributed by atoms with Gasteiger partial charge in [-0.15, -0.1) is 0 Å². The van der Waals surface area contributed by atoms with Crippen LogP contribution in [0.4, 0.5) is 0 Å². The first-order valence-corrected chi connectivity index (χ1v) is 6.36. The van der Waals surface area contributed by atoms with Crippen molar-refractivity contribution in [2.75, 3.05) is 0 Å². The average molecular weight is 265 g/mol. The van der Waals surface area contributed by atoms with E-state index in [4.69, 9.17) is 11.6 Å². The minimum absolute atomic E-state index is 0.522. The Morgan fingerprint density at radius 2 is 2.22 bits per heavy atom. The zero-order valence-corrected chi connectivity index (χ0v) is 11.4. The monoisotopic (exact) mass is 264 g/mol. The molecule has 96 valence electrons. The number of aliphatic hydroxyl groups is 1. The fourth-order valence-corrected chi connectivity index (χ4v) is 2.39. The van der Waals surface area contributed by atoms with Gasteiger partial charge >= 0.3 is 0 Å². The number of nitrogens with zero attached hydrogens (tertiary/aromatic N) is 2. The first kappa shape index (κ1) is 13.1. The third-order valence-corrected chi connectivity index (χ3v) is 3.33. The van der Waals surface area contributed by atoms with E-state index in [1.54, 1.807) is 17.9 Å². The fourth-order valence-electron chi connectivity index (χ4n) is 2.10. The molecule has 18 heavy (non-hydrogen) atoms. The van der Waals surface area contributed by atoms with E-state index >= 15 is 0 Å². The number of aliphatic hydroxyl groups excluding tert-OH is 1. The molecule has 1 aromatic heterocycles. The van der Waals surface area contributed by atoms with Crippen LogP contribution in [0.25, 0.3) is 0 Å². The summed E-state index contributed by atoms with van der Waals surface area (Å²) in [5.41, 5.74) is 3.15. The molecule has 1 atom stereocenters. The average Bonchev–Trinajstić information content (AvgIpc) is 2.66. The van der Waals surface area contributed by atoms with Gasteiger partial charge in [-0.3, -0.25) is 4.68 Å². The Hall–Kier alpha value is -1.32. The molecule has 0 aliphatic heterocycles. The van der Waals surface area contributed by atoms with Crippen molar-refractivity contribution in [2.45, 2.75) is 25.9 Å². The minimum Gasteiger partial charge on any atom is -0.387 e. The molecule has 1 heterocycles. The van der Waals surface area contributed by atoms with Gasteiger partial charge in [-0.25, -0.2) is 0 Å². The molecular weight excluding hydrogens is 248 g/mol. The van der Waals surface area contributed by atoms with Crippen LogP contribution >= 0.6 is 11.6 Å². The van der Waals surface area contributed by atoms with E-state index in [1.165, 1.54) is 11.1 Å². The molecule has 0 saturated heterocycles. The predicted octanol–water partition coefficient (Wildman–Crippen LogP) is 3.05. The Morgan fingerprint density at radius 3 is 2.83 bits per heavy atom. The summed E-state index contributed by atoms with van der Waals surface area (Å²) in [5, 5.41) is 14.7. The van der Waals surface area contributed by atoms with E-state index in [0.717, 1.165) is 6.42 Å². The molecule has 0 fully saturated rings. The normalized spacial score (nSPS) is 12.7. The molecule has 1 aromatic carbocycles. The number of hydrogen-bond acceptors (Lipinski definition) is 2. The maximum atomic E-state index is 10.2. The molecule has 0 spiro atoms. The van der Waals surface area contributed by atoms with Crippen molar-refractivity contribution in [3.05, 3.63) is 52.3 Å². The third kappa shape index (κ3) is 2.92. The zero-order valence-electron chi connectivity index (χ0n) is 10.6. The van der Waals surface area contributed by atoms with Crippen LogP contribution in [0.2, 0.25) is 5.02 Å². The Balaban J connectivity index is 2.03. The van der Waals surface area contributed by atoms with Crippen molar-refractivity contribution in [3.63, 3.8) is 0 Å². The van der Waals surface area contributed by atoms with Crippen molar-refractivity contribution >= 4 is 11.6 Å². The molecule has 3 nitrogen and oxygen atoms in total. The van der Waals surface area contributed by atoms with Crippen molar-refractivity contribution in [3.8, 4) is 0 Å². The molecule has 0 saturated carbocycles. The SMILES string of the molecule is Cc1cccc(CCC(O)c2c(Cl)cnn2C)c1. The zero-order chi connectivity index (χ0) is 13.1. The highest BCUT2D eigenvalue weighted by atomic mass is 35.5. The van der Waals surface area contributed by atoms with E-state index in [9.17, 15) is 5.11 Å². The summed E-state index contributed by atoms with van der Waals surface area (Å²) < 4.78 is 1.63. The fraction of sp³-hybridized carbons (Fsp3) is 0.357. The van der Waals surface area contributed by atoms with Gasteiger partial charge in [0.2, 0.25) is 0 Å². The molecule has 4 heteroatoms. The van der Waals surface area contributed by atoms with Gasteiger partial charge < -0.3 is 5.11 Å². The Labute approximate surface area is 112 Å². The quantitative estimate of drug-likeness (QED) is 0.922. The molecule has 2 rings (SSSR count). The number of benzene rings is 1. The Morgan fingerprint density at radius 1 is 1.44 bits per heavy atom. The Kier molecular flexibility index (Phi) is 4.04. The molecule has 0 radical (unpaired) electrons. The lowest BCUT2D eigenvalue weighted by Gasteiger charge is -2.12. The van der Waals surface area contributed by atoms with E-state index < -0.39 is 6.10 Å². The second kappa shape index (κ2) is 5.55. The van der Waals surface area contributed by atoms with E-state index in [0.29, 0.717) is 17.1 Å². The van der Waals surface area contributed by atoms with Gasteiger partial charge in [0.05, 0.1) is 23.0 Å². The van der Waals surface area contributed by atoms with Crippen LogP contribution in [0.15, 0.2) is 30.5 Å². The first-order valence-electron chi connectivity index (χ1n) is 5.99. The van der Waals surface area contributed by atoms with E-state index in [1.807, 2.05) is 6.07 Å². The van der Waals surface area contributed by atoms with Crippen molar-refractivity contribution in [1.82, 2.24) is 9.78 Å². The summed E-state index contributed by atoms with van der Waals surface area (Å²) in [6.07, 6.45) is 2.45.